The number of rotatable bonds is 6. The van der Waals surface area contributed by atoms with E-state index in [9.17, 15) is 5.11 Å². The SMILES string of the molecule is CCCC(OCC)C(O)c1cccc2ncccc12. The van der Waals surface area contributed by atoms with Crippen molar-refractivity contribution in [2.45, 2.75) is 38.9 Å². The third-order valence-electron chi connectivity index (χ3n) is 3.30. The summed E-state index contributed by atoms with van der Waals surface area (Å²) in [5.74, 6) is 0. The molecular formula is C16H21NO2. The smallest absolute Gasteiger partial charge is 0.106 e. The van der Waals surface area contributed by atoms with E-state index in [2.05, 4.69) is 11.9 Å². The van der Waals surface area contributed by atoms with E-state index < -0.39 is 6.10 Å². The fraction of sp³-hybridized carbons (Fsp3) is 0.438. The number of nitrogens with zero attached hydrogens (tertiary/aromatic N) is 1. The minimum Gasteiger partial charge on any atom is -0.386 e. The average molecular weight is 259 g/mol. The minimum atomic E-state index is -0.604. The van der Waals surface area contributed by atoms with Crippen molar-refractivity contribution in [1.82, 2.24) is 4.98 Å². The van der Waals surface area contributed by atoms with Crippen LogP contribution in [0.4, 0.5) is 0 Å². The first-order valence-corrected chi connectivity index (χ1v) is 6.91. The van der Waals surface area contributed by atoms with E-state index >= 15 is 0 Å². The van der Waals surface area contributed by atoms with Crippen molar-refractivity contribution in [3.8, 4) is 0 Å². The molecule has 0 spiro atoms. The zero-order valence-corrected chi connectivity index (χ0v) is 11.5. The second-order valence-corrected chi connectivity index (χ2v) is 4.64. The van der Waals surface area contributed by atoms with Gasteiger partial charge < -0.3 is 9.84 Å². The predicted molar refractivity (Wildman–Crippen MR) is 77.0 cm³/mol. The second-order valence-electron chi connectivity index (χ2n) is 4.64. The van der Waals surface area contributed by atoms with Crippen molar-refractivity contribution in [3.63, 3.8) is 0 Å². The normalized spacial score (nSPS) is 14.5. The number of pyridine rings is 1. The van der Waals surface area contributed by atoms with Crippen LogP contribution in [0.2, 0.25) is 0 Å². The maximum Gasteiger partial charge on any atom is 0.106 e. The van der Waals surface area contributed by atoms with Crippen LogP contribution in [-0.2, 0) is 4.74 Å². The Morgan fingerprint density at radius 2 is 2.05 bits per heavy atom. The molecule has 2 aromatic rings. The Morgan fingerprint density at radius 1 is 1.21 bits per heavy atom. The molecule has 0 aliphatic rings. The van der Waals surface area contributed by atoms with E-state index in [1.807, 2.05) is 37.3 Å². The van der Waals surface area contributed by atoms with Crippen molar-refractivity contribution in [2.24, 2.45) is 0 Å². The van der Waals surface area contributed by atoms with E-state index in [0.29, 0.717) is 6.61 Å². The topological polar surface area (TPSA) is 42.4 Å². The molecule has 0 saturated heterocycles. The van der Waals surface area contributed by atoms with Gasteiger partial charge >= 0.3 is 0 Å². The Hall–Kier alpha value is -1.45. The van der Waals surface area contributed by atoms with Crippen LogP contribution in [0.3, 0.4) is 0 Å². The van der Waals surface area contributed by atoms with Gasteiger partial charge in [-0.05, 0) is 31.0 Å². The number of fused-ring (bicyclic) bond motifs is 1. The van der Waals surface area contributed by atoms with E-state index in [4.69, 9.17) is 4.74 Å². The number of aliphatic hydroxyl groups excluding tert-OH is 1. The van der Waals surface area contributed by atoms with E-state index in [1.165, 1.54) is 0 Å². The lowest BCUT2D eigenvalue weighted by molar-refractivity contribution is -0.0378. The van der Waals surface area contributed by atoms with Gasteiger partial charge in [-0.3, -0.25) is 4.98 Å². The van der Waals surface area contributed by atoms with E-state index in [-0.39, 0.29) is 6.10 Å². The third kappa shape index (κ3) is 3.11. The number of benzene rings is 1. The van der Waals surface area contributed by atoms with Gasteiger partial charge in [0.1, 0.15) is 6.10 Å². The molecule has 1 aromatic carbocycles. The molecule has 19 heavy (non-hydrogen) atoms. The Kier molecular flexibility index (Phi) is 4.88. The molecule has 1 N–H and O–H groups in total. The Bertz CT molecular complexity index is 516. The second kappa shape index (κ2) is 6.64. The predicted octanol–water partition coefficient (Wildman–Crippen LogP) is 3.47. The monoisotopic (exact) mass is 259 g/mol. The van der Waals surface area contributed by atoms with Crippen molar-refractivity contribution < 1.29 is 9.84 Å². The largest absolute Gasteiger partial charge is 0.386 e. The highest BCUT2D eigenvalue weighted by molar-refractivity contribution is 5.82. The molecule has 0 radical (unpaired) electrons. The zero-order chi connectivity index (χ0) is 13.7. The highest BCUT2D eigenvalue weighted by Crippen LogP contribution is 2.28. The van der Waals surface area contributed by atoms with Crippen LogP contribution in [-0.4, -0.2) is 22.8 Å². The number of hydrogen-bond donors (Lipinski definition) is 1. The standard InChI is InChI=1S/C16H21NO2/c1-3-7-15(19-4-2)16(18)13-8-5-10-14-12(13)9-6-11-17-14/h5-6,8-11,15-16,18H,3-4,7H2,1-2H3. The molecule has 2 rings (SSSR count). The molecule has 3 heteroatoms. The fourth-order valence-corrected chi connectivity index (χ4v) is 2.42. The summed E-state index contributed by atoms with van der Waals surface area (Å²) in [5, 5.41) is 11.6. The molecule has 0 saturated carbocycles. The highest BCUT2D eigenvalue weighted by Gasteiger charge is 2.22. The van der Waals surface area contributed by atoms with Crippen LogP contribution in [0, 0.1) is 0 Å². The van der Waals surface area contributed by atoms with Gasteiger partial charge in [-0.15, -0.1) is 0 Å². The molecule has 3 nitrogen and oxygen atoms in total. The van der Waals surface area contributed by atoms with Gasteiger partial charge in [0.25, 0.3) is 0 Å². The van der Waals surface area contributed by atoms with Crippen LogP contribution < -0.4 is 0 Å². The van der Waals surface area contributed by atoms with Gasteiger partial charge in [0.2, 0.25) is 0 Å². The van der Waals surface area contributed by atoms with Gasteiger partial charge in [0, 0.05) is 18.2 Å². The molecule has 0 bridgehead atoms. The van der Waals surface area contributed by atoms with Crippen LogP contribution in [0.5, 0.6) is 0 Å². The summed E-state index contributed by atoms with van der Waals surface area (Å²) >= 11 is 0. The van der Waals surface area contributed by atoms with Gasteiger partial charge in [-0.1, -0.05) is 31.5 Å². The molecule has 0 aliphatic heterocycles. The molecule has 102 valence electrons. The first-order chi connectivity index (χ1) is 9.27. The fourth-order valence-electron chi connectivity index (χ4n) is 2.42. The summed E-state index contributed by atoms with van der Waals surface area (Å²) in [6.07, 6.45) is 2.86. The molecular weight excluding hydrogens is 238 g/mol. The zero-order valence-electron chi connectivity index (χ0n) is 11.5. The molecule has 0 amide bonds. The highest BCUT2D eigenvalue weighted by atomic mass is 16.5. The average Bonchev–Trinajstić information content (AvgIpc) is 2.46. The molecule has 1 aromatic heterocycles. The molecule has 2 unspecified atom stereocenters. The van der Waals surface area contributed by atoms with E-state index in [0.717, 1.165) is 29.3 Å². The summed E-state index contributed by atoms with van der Waals surface area (Å²) in [4.78, 5) is 4.32. The lowest BCUT2D eigenvalue weighted by Gasteiger charge is -2.23. The summed E-state index contributed by atoms with van der Waals surface area (Å²) < 4.78 is 5.68. The summed E-state index contributed by atoms with van der Waals surface area (Å²) in [7, 11) is 0. The Morgan fingerprint density at radius 3 is 2.79 bits per heavy atom. The summed E-state index contributed by atoms with van der Waals surface area (Å²) in [5.41, 5.74) is 1.81. The van der Waals surface area contributed by atoms with Crippen molar-refractivity contribution >= 4 is 10.9 Å². The van der Waals surface area contributed by atoms with E-state index in [1.54, 1.807) is 6.20 Å². The maximum absolute atomic E-state index is 10.6. The molecule has 2 atom stereocenters. The summed E-state index contributed by atoms with van der Waals surface area (Å²) in [6.45, 7) is 4.67. The number of hydrogen-bond acceptors (Lipinski definition) is 3. The van der Waals surface area contributed by atoms with Crippen LogP contribution >= 0.6 is 0 Å². The van der Waals surface area contributed by atoms with Crippen LogP contribution in [0.15, 0.2) is 36.5 Å². The van der Waals surface area contributed by atoms with Gasteiger partial charge in [0.05, 0.1) is 11.6 Å². The first-order valence-electron chi connectivity index (χ1n) is 6.91. The lowest BCUT2D eigenvalue weighted by atomic mass is 9.97. The number of aromatic nitrogens is 1. The van der Waals surface area contributed by atoms with Crippen LogP contribution in [0.1, 0.15) is 38.4 Å². The van der Waals surface area contributed by atoms with Crippen molar-refractivity contribution in [3.05, 3.63) is 42.1 Å². The molecule has 1 heterocycles. The van der Waals surface area contributed by atoms with Crippen molar-refractivity contribution in [2.75, 3.05) is 6.61 Å². The quantitative estimate of drug-likeness (QED) is 0.863. The van der Waals surface area contributed by atoms with Crippen LogP contribution in [0.25, 0.3) is 10.9 Å². The summed E-state index contributed by atoms with van der Waals surface area (Å²) in [6, 6.07) is 9.74. The Balaban J connectivity index is 2.36. The Labute approximate surface area is 114 Å². The third-order valence-corrected chi connectivity index (χ3v) is 3.30. The lowest BCUT2D eigenvalue weighted by Crippen LogP contribution is -2.22. The number of aliphatic hydroxyl groups is 1. The first kappa shape index (κ1) is 14.0. The number of ether oxygens (including phenoxy) is 1. The molecule has 0 aliphatic carbocycles. The van der Waals surface area contributed by atoms with Crippen molar-refractivity contribution in [1.29, 1.82) is 0 Å². The van der Waals surface area contributed by atoms with Gasteiger partial charge in [-0.2, -0.15) is 0 Å². The maximum atomic E-state index is 10.6. The van der Waals surface area contributed by atoms with Gasteiger partial charge in [0.15, 0.2) is 0 Å². The minimum absolute atomic E-state index is 0.152. The van der Waals surface area contributed by atoms with Gasteiger partial charge in [-0.25, -0.2) is 0 Å². The molecule has 0 fully saturated rings.